The van der Waals surface area contributed by atoms with Crippen LogP contribution in [0.25, 0.3) is 0 Å². The molecule has 0 aromatic carbocycles. The molecule has 0 aliphatic carbocycles. The topological polar surface area (TPSA) is 48.8 Å². The lowest BCUT2D eigenvalue weighted by Crippen LogP contribution is -2.13. The molecule has 4 heteroatoms. The lowest BCUT2D eigenvalue weighted by molar-refractivity contribution is 0.471. The van der Waals surface area contributed by atoms with E-state index in [0.29, 0.717) is 6.04 Å². The third kappa shape index (κ3) is 2.64. The van der Waals surface area contributed by atoms with Crippen LogP contribution in [0.15, 0.2) is 30.6 Å². The molecule has 0 radical (unpaired) electrons. The molecular formula is C14H22N4. The van der Waals surface area contributed by atoms with E-state index in [4.69, 9.17) is 5.73 Å². The Balaban J connectivity index is 2.14. The van der Waals surface area contributed by atoms with Gasteiger partial charge in [0.05, 0.1) is 12.2 Å². The molecule has 2 heterocycles. The third-order valence-electron chi connectivity index (χ3n) is 3.37. The van der Waals surface area contributed by atoms with Gasteiger partial charge in [-0.15, -0.1) is 0 Å². The van der Waals surface area contributed by atoms with Crippen LogP contribution in [-0.2, 0) is 6.54 Å². The summed E-state index contributed by atoms with van der Waals surface area (Å²) in [5.74, 6) is 0. The van der Waals surface area contributed by atoms with Gasteiger partial charge in [-0.3, -0.25) is 4.68 Å². The van der Waals surface area contributed by atoms with Crippen molar-refractivity contribution in [1.82, 2.24) is 14.3 Å². The van der Waals surface area contributed by atoms with Crippen molar-refractivity contribution in [2.24, 2.45) is 5.73 Å². The fourth-order valence-electron chi connectivity index (χ4n) is 2.05. The molecule has 2 aromatic rings. The molecule has 0 aliphatic rings. The first-order valence-electron chi connectivity index (χ1n) is 6.56. The van der Waals surface area contributed by atoms with E-state index in [-0.39, 0.29) is 6.04 Å². The lowest BCUT2D eigenvalue weighted by atomic mass is 10.2. The molecule has 0 spiro atoms. The van der Waals surface area contributed by atoms with Gasteiger partial charge in [0.25, 0.3) is 0 Å². The van der Waals surface area contributed by atoms with Gasteiger partial charge in [0.2, 0.25) is 0 Å². The van der Waals surface area contributed by atoms with Crippen LogP contribution >= 0.6 is 0 Å². The summed E-state index contributed by atoms with van der Waals surface area (Å²) in [6, 6.07) is 6.69. The molecule has 2 aromatic heterocycles. The normalized spacial score (nSPS) is 14.7. The molecule has 0 amide bonds. The van der Waals surface area contributed by atoms with Crippen LogP contribution in [0.2, 0.25) is 0 Å². The Morgan fingerprint density at radius 1 is 1.28 bits per heavy atom. The number of aromatic nitrogens is 3. The van der Waals surface area contributed by atoms with E-state index < -0.39 is 0 Å². The number of rotatable bonds is 5. The smallest absolute Gasteiger partial charge is 0.0821 e. The number of hydrogen-bond acceptors (Lipinski definition) is 2. The average Bonchev–Trinajstić information content (AvgIpc) is 2.97. The number of hydrogen-bond donors (Lipinski definition) is 1. The average molecular weight is 246 g/mol. The molecular weight excluding hydrogens is 224 g/mol. The van der Waals surface area contributed by atoms with E-state index in [1.807, 2.05) is 17.7 Å². The standard InChI is InChI=1S/C14H22N4/c1-4-11(2)18-9-7-13(16-18)10-17-8-5-6-14(17)12(3)15/h5-9,11-12H,4,10,15H2,1-3H3. The summed E-state index contributed by atoms with van der Waals surface area (Å²) in [4.78, 5) is 0. The molecule has 0 bridgehead atoms. The minimum Gasteiger partial charge on any atom is -0.344 e. The lowest BCUT2D eigenvalue weighted by Gasteiger charge is -2.11. The van der Waals surface area contributed by atoms with Gasteiger partial charge in [-0.2, -0.15) is 5.10 Å². The Morgan fingerprint density at radius 3 is 2.72 bits per heavy atom. The second-order valence-corrected chi connectivity index (χ2v) is 4.89. The quantitative estimate of drug-likeness (QED) is 0.881. The predicted octanol–water partition coefficient (Wildman–Crippen LogP) is 2.72. The SMILES string of the molecule is CCC(C)n1ccc(Cn2cccc2C(C)N)n1. The summed E-state index contributed by atoms with van der Waals surface area (Å²) in [5.41, 5.74) is 8.16. The van der Waals surface area contributed by atoms with Crippen LogP contribution < -0.4 is 5.73 Å². The number of nitrogens with zero attached hydrogens (tertiary/aromatic N) is 3. The van der Waals surface area contributed by atoms with Crippen LogP contribution in [0.1, 0.15) is 50.7 Å². The van der Waals surface area contributed by atoms with Crippen molar-refractivity contribution in [1.29, 1.82) is 0 Å². The van der Waals surface area contributed by atoms with Gasteiger partial charge >= 0.3 is 0 Å². The van der Waals surface area contributed by atoms with Gasteiger partial charge in [0.1, 0.15) is 0 Å². The van der Waals surface area contributed by atoms with E-state index in [1.165, 1.54) is 0 Å². The molecule has 18 heavy (non-hydrogen) atoms. The maximum Gasteiger partial charge on any atom is 0.0821 e. The Kier molecular flexibility index (Phi) is 3.87. The molecule has 4 nitrogen and oxygen atoms in total. The second-order valence-electron chi connectivity index (χ2n) is 4.89. The fourth-order valence-corrected chi connectivity index (χ4v) is 2.05. The summed E-state index contributed by atoms with van der Waals surface area (Å²) >= 11 is 0. The molecule has 2 rings (SSSR count). The second kappa shape index (κ2) is 5.40. The summed E-state index contributed by atoms with van der Waals surface area (Å²) in [6.45, 7) is 7.14. The van der Waals surface area contributed by atoms with Crippen molar-refractivity contribution in [3.63, 3.8) is 0 Å². The molecule has 2 atom stereocenters. The van der Waals surface area contributed by atoms with Crippen molar-refractivity contribution in [3.8, 4) is 0 Å². The Labute approximate surface area is 108 Å². The van der Waals surface area contributed by atoms with Crippen LogP contribution in [0.4, 0.5) is 0 Å². The van der Waals surface area contributed by atoms with E-state index in [0.717, 1.165) is 24.4 Å². The van der Waals surface area contributed by atoms with Crippen LogP contribution in [0.5, 0.6) is 0 Å². The first-order valence-corrected chi connectivity index (χ1v) is 6.56. The fraction of sp³-hybridized carbons (Fsp3) is 0.500. The molecule has 98 valence electrons. The van der Waals surface area contributed by atoms with Crippen molar-refractivity contribution in [2.45, 2.75) is 45.8 Å². The van der Waals surface area contributed by atoms with Crippen LogP contribution in [0.3, 0.4) is 0 Å². The van der Waals surface area contributed by atoms with Gasteiger partial charge in [-0.05, 0) is 38.5 Å². The molecule has 2 unspecified atom stereocenters. The van der Waals surface area contributed by atoms with Gasteiger partial charge in [0, 0.05) is 30.2 Å². The minimum atomic E-state index is 0.0525. The van der Waals surface area contributed by atoms with Gasteiger partial charge in [0.15, 0.2) is 0 Å². The van der Waals surface area contributed by atoms with Crippen molar-refractivity contribution < 1.29 is 0 Å². The summed E-state index contributed by atoms with van der Waals surface area (Å²) in [7, 11) is 0. The zero-order valence-corrected chi connectivity index (χ0v) is 11.4. The van der Waals surface area contributed by atoms with Gasteiger partial charge in [-0.25, -0.2) is 0 Å². The van der Waals surface area contributed by atoms with Gasteiger partial charge < -0.3 is 10.3 Å². The Bertz CT molecular complexity index is 495. The summed E-state index contributed by atoms with van der Waals surface area (Å²) in [5, 5.41) is 4.61. The zero-order valence-electron chi connectivity index (χ0n) is 11.4. The number of nitrogens with two attached hydrogens (primary N) is 1. The van der Waals surface area contributed by atoms with Crippen molar-refractivity contribution in [3.05, 3.63) is 42.0 Å². The van der Waals surface area contributed by atoms with E-state index >= 15 is 0 Å². The van der Waals surface area contributed by atoms with E-state index in [1.54, 1.807) is 0 Å². The summed E-state index contributed by atoms with van der Waals surface area (Å²) < 4.78 is 4.19. The Hall–Kier alpha value is -1.55. The first-order chi connectivity index (χ1) is 8.61. The largest absolute Gasteiger partial charge is 0.344 e. The maximum absolute atomic E-state index is 5.94. The van der Waals surface area contributed by atoms with Crippen molar-refractivity contribution in [2.75, 3.05) is 0 Å². The highest BCUT2D eigenvalue weighted by molar-refractivity contribution is 5.13. The van der Waals surface area contributed by atoms with Crippen molar-refractivity contribution >= 4 is 0 Å². The molecule has 0 saturated carbocycles. The molecule has 0 aliphatic heterocycles. The highest BCUT2D eigenvalue weighted by Gasteiger charge is 2.08. The molecule has 0 fully saturated rings. The highest BCUT2D eigenvalue weighted by atomic mass is 15.3. The van der Waals surface area contributed by atoms with Crippen LogP contribution in [-0.4, -0.2) is 14.3 Å². The maximum atomic E-state index is 5.94. The zero-order chi connectivity index (χ0) is 13.1. The van der Waals surface area contributed by atoms with E-state index in [2.05, 4.69) is 48.0 Å². The highest BCUT2D eigenvalue weighted by Crippen LogP contribution is 2.14. The third-order valence-corrected chi connectivity index (χ3v) is 3.37. The predicted molar refractivity (Wildman–Crippen MR) is 73.4 cm³/mol. The first kappa shape index (κ1) is 12.9. The van der Waals surface area contributed by atoms with E-state index in [9.17, 15) is 0 Å². The molecule has 0 saturated heterocycles. The van der Waals surface area contributed by atoms with Gasteiger partial charge in [-0.1, -0.05) is 6.92 Å². The monoisotopic (exact) mass is 246 g/mol. The minimum absolute atomic E-state index is 0.0525. The molecule has 2 N–H and O–H groups in total. The van der Waals surface area contributed by atoms with Crippen LogP contribution in [0, 0.1) is 0 Å². The Morgan fingerprint density at radius 2 is 2.06 bits per heavy atom. The summed E-state index contributed by atoms with van der Waals surface area (Å²) in [6.07, 6.45) is 5.20.